The molecule has 2 heteroatoms. The molecule has 0 saturated heterocycles. The van der Waals surface area contributed by atoms with Gasteiger partial charge in [-0.05, 0) is 48.0 Å². The number of thiol groups is 1. The van der Waals surface area contributed by atoms with Gasteiger partial charge >= 0.3 is 0 Å². The molecule has 28 heavy (non-hydrogen) atoms. The number of hydrogen-bond acceptors (Lipinski definition) is 2. The number of hydrogen-bond donors (Lipinski definition) is 1. The summed E-state index contributed by atoms with van der Waals surface area (Å²) in [7, 11) is 0. The molecule has 0 heterocycles. The summed E-state index contributed by atoms with van der Waals surface area (Å²) < 4.78 is -0.181. The van der Waals surface area contributed by atoms with E-state index in [9.17, 15) is 0 Å². The van der Waals surface area contributed by atoms with Crippen LogP contribution in [0.4, 0.5) is 0 Å². The largest absolute Gasteiger partial charge is 0.179 e. The zero-order valence-corrected chi connectivity index (χ0v) is 18.4. The van der Waals surface area contributed by atoms with Crippen LogP contribution in [0.3, 0.4) is 0 Å². The zero-order chi connectivity index (χ0) is 19.7. The van der Waals surface area contributed by atoms with Crippen molar-refractivity contribution < 1.29 is 0 Å². The van der Waals surface area contributed by atoms with E-state index < -0.39 is 0 Å². The van der Waals surface area contributed by atoms with Crippen molar-refractivity contribution in [2.75, 3.05) is 11.5 Å². The molecule has 0 amide bonds. The molecule has 0 saturated carbocycles. The molecular weight excluding hydrogens is 376 g/mol. The van der Waals surface area contributed by atoms with Gasteiger partial charge in [-0.25, -0.2) is 0 Å². The number of rotatable bonds is 10. The molecule has 3 aromatic carbocycles. The van der Waals surface area contributed by atoms with Crippen LogP contribution in [-0.2, 0) is 4.75 Å². The Labute approximate surface area is 180 Å². The Bertz CT molecular complexity index is 771. The van der Waals surface area contributed by atoms with Gasteiger partial charge in [0, 0.05) is 0 Å². The van der Waals surface area contributed by atoms with Gasteiger partial charge in [0.2, 0.25) is 0 Å². The van der Waals surface area contributed by atoms with Crippen molar-refractivity contribution in [3.63, 3.8) is 0 Å². The Morgan fingerprint density at radius 3 is 1.68 bits per heavy atom. The summed E-state index contributed by atoms with van der Waals surface area (Å²) in [5, 5.41) is 0. The highest BCUT2D eigenvalue weighted by molar-refractivity contribution is 8.00. The lowest BCUT2D eigenvalue weighted by Crippen LogP contribution is -2.26. The summed E-state index contributed by atoms with van der Waals surface area (Å²) in [4.78, 5) is 0. The van der Waals surface area contributed by atoms with Crippen LogP contribution >= 0.6 is 24.4 Å². The van der Waals surface area contributed by atoms with E-state index in [1.54, 1.807) is 0 Å². The van der Waals surface area contributed by atoms with Crippen LogP contribution in [0.25, 0.3) is 0 Å². The maximum atomic E-state index is 4.34. The molecule has 0 N–H and O–H groups in total. The maximum Gasteiger partial charge on any atom is 0.0906 e. The lowest BCUT2D eigenvalue weighted by atomic mass is 9.84. The average Bonchev–Trinajstić information content (AvgIpc) is 2.76. The first-order chi connectivity index (χ1) is 13.8. The fourth-order valence-corrected chi connectivity index (χ4v) is 5.46. The quantitative estimate of drug-likeness (QED) is 0.206. The summed E-state index contributed by atoms with van der Waals surface area (Å²) >= 11 is 6.41. The molecule has 0 nitrogen and oxygen atoms in total. The summed E-state index contributed by atoms with van der Waals surface area (Å²) in [6, 6.07) is 31.1. The van der Waals surface area contributed by atoms with Gasteiger partial charge < -0.3 is 0 Å². The number of benzene rings is 3. The second-order valence-corrected chi connectivity index (χ2v) is 9.02. The summed E-state index contributed by atoms with van der Waals surface area (Å²) in [6.07, 6.45) is 5.01. The molecular formula is C26H30S2. The van der Waals surface area contributed by atoms with E-state index >= 15 is 0 Å². The average molecular weight is 407 g/mol. The van der Waals surface area contributed by atoms with Gasteiger partial charge in [-0.3, -0.25) is 0 Å². The van der Waals surface area contributed by atoms with Crippen molar-refractivity contribution in [3.05, 3.63) is 107 Å². The number of unbranched alkanes of at least 4 members (excludes halogenated alkanes) is 3. The topological polar surface area (TPSA) is 0 Å². The highest BCUT2D eigenvalue weighted by atomic mass is 32.2. The molecule has 0 aliphatic heterocycles. The van der Waals surface area contributed by atoms with E-state index in [0.717, 1.165) is 11.5 Å². The van der Waals surface area contributed by atoms with Crippen LogP contribution in [0, 0.1) is 6.92 Å². The molecule has 0 aromatic heterocycles. The van der Waals surface area contributed by atoms with Gasteiger partial charge in [-0.15, -0.1) is 11.8 Å². The monoisotopic (exact) mass is 406 g/mol. The highest BCUT2D eigenvalue weighted by Crippen LogP contribution is 2.48. The fraction of sp³-hybridized carbons (Fsp3) is 0.308. The molecule has 0 bridgehead atoms. The Morgan fingerprint density at radius 1 is 0.643 bits per heavy atom. The molecule has 3 rings (SSSR count). The van der Waals surface area contributed by atoms with Crippen molar-refractivity contribution in [2.45, 2.75) is 37.4 Å². The first kappa shape index (κ1) is 21.1. The molecule has 3 aromatic rings. The molecule has 0 atom stereocenters. The molecule has 146 valence electrons. The van der Waals surface area contributed by atoms with Crippen LogP contribution in [0.15, 0.2) is 84.9 Å². The van der Waals surface area contributed by atoms with Gasteiger partial charge in [0.25, 0.3) is 0 Å². The Kier molecular flexibility index (Phi) is 8.12. The third kappa shape index (κ3) is 5.04. The smallest absolute Gasteiger partial charge is 0.0906 e. The minimum atomic E-state index is -0.181. The van der Waals surface area contributed by atoms with Gasteiger partial charge in [-0.2, -0.15) is 12.6 Å². The minimum Gasteiger partial charge on any atom is -0.179 e. The highest BCUT2D eigenvalue weighted by Gasteiger charge is 2.36. The lowest BCUT2D eigenvalue weighted by molar-refractivity contribution is 0.710. The zero-order valence-electron chi connectivity index (χ0n) is 16.7. The predicted molar refractivity (Wildman–Crippen MR) is 129 cm³/mol. The van der Waals surface area contributed by atoms with Crippen LogP contribution < -0.4 is 0 Å². The Hall–Kier alpha value is -1.64. The van der Waals surface area contributed by atoms with Gasteiger partial charge in [0.05, 0.1) is 4.75 Å². The van der Waals surface area contributed by atoms with E-state index in [0.29, 0.717) is 0 Å². The van der Waals surface area contributed by atoms with Crippen molar-refractivity contribution in [1.29, 1.82) is 0 Å². The van der Waals surface area contributed by atoms with Gasteiger partial charge in [0.15, 0.2) is 0 Å². The van der Waals surface area contributed by atoms with Gasteiger partial charge in [-0.1, -0.05) is 103 Å². The maximum absolute atomic E-state index is 4.34. The van der Waals surface area contributed by atoms with Crippen LogP contribution in [0.2, 0.25) is 0 Å². The Morgan fingerprint density at radius 2 is 1.14 bits per heavy atom. The second kappa shape index (κ2) is 10.8. The third-order valence-electron chi connectivity index (χ3n) is 5.19. The van der Waals surface area contributed by atoms with Crippen LogP contribution in [-0.4, -0.2) is 11.5 Å². The summed E-state index contributed by atoms with van der Waals surface area (Å²) in [5.74, 6) is 2.14. The van der Waals surface area contributed by atoms with E-state index in [4.69, 9.17) is 0 Å². The molecule has 0 unspecified atom stereocenters. The molecule has 0 fully saturated rings. The minimum absolute atomic E-state index is 0.181. The summed E-state index contributed by atoms with van der Waals surface area (Å²) in [6.45, 7) is 2.16. The van der Waals surface area contributed by atoms with Crippen LogP contribution in [0.1, 0.15) is 47.9 Å². The molecule has 0 aliphatic rings. The number of thioether (sulfide) groups is 1. The fourth-order valence-electron chi connectivity index (χ4n) is 3.68. The summed E-state index contributed by atoms with van der Waals surface area (Å²) in [5.41, 5.74) is 5.36. The van der Waals surface area contributed by atoms with Gasteiger partial charge in [0.1, 0.15) is 0 Å². The predicted octanol–water partition coefficient (Wildman–Crippen LogP) is 7.51. The second-order valence-electron chi connectivity index (χ2n) is 7.27. The van der Waals surface area contributed by atoms with Crippen molar-refractivity contribution >= 4 is 24.4 Å². The first-order valence-corrected chi connectivity index (χ1v) is 11.8. The molecule has 0 spiro atoms. The van der Waals surface area contributed by atoms with E-state index in [2.05, 4.69) is 116 Å². The number of aryl methyl sites for hydroxylation is 1. The third-order valence-corrected chi connectivity index (χ3v) is 7.14. The van der Waals surface area contributed by atoms with E-state index in [1.165, 1.54) is 47.9 Å². The Balaban J connectivity index is 2.01. The van der Waals surface area contributed by atoms with E-state index in [-0.39, 0.29) is 4.75 Å². The van der Waals surface area contributed by atoms with Crippen molar-refractivity contribution in [1.82, 2.24) is 0 Å². The van der Waals surface area contributed by atoms with Crippen molar-refractivity contribution in [2.24, 2.45) is 0 Å². The molecule has 0 aliphatic carbocycles. The SMILES string of the molecule is Cc1ccc(C(SCCCCCCS)(c2ccccc2)c2ccccc2)cc1. The lowest BCUT2D eigenvalue weighted by Gasteiger charge is -2.35. The standard InChI is InChI=1S/C26H30S2/c1-22-16-18-25(19-17-22)26(23-12-6-4-7-13-23,24-14-8-5-9-15-24)28-21-11-3-2-10-20-27/h4-9,12-19,27H,2-3,10-11,20-21H2,1H3. The van der Waals surface area contributed by atoms with Crippen molar-refractivity contribution in [3.8, 4) is 0 Å². The normalized spacial score (nSPS) is 11.5. The van der Waals surface area contributed by atoms with Crippen LogP contribution in [0.5, 0.6) is 0 Å². The first-order valence-electron chi connectivity index (χ1n) is 10.2. The molecule has 0 radical (unpaired) electrons. The van der Waals surface area contributed by atoms with E-state index in [1.807, 2.05) is 0 Å².